The normalized spacial score (nSPS) is 11.3. The van der Waals surface area contributed by atoms with Crippen molar-refractivity contribution in [2.45, 2.75) is 6.18 Å². The molecule has 0 amide bonds. The number of nitrogens with one attached hydrogen (secondary N) is 1. The summed E-state index contributed by atoms with van der Waals surface area (Å²) in [5, 5.41) is 2.56. The highest BCUT2D eigenvalue weighted by molar-refractivity contribution is 5.60. The van der Waals surface area contributed by atoms with Gasteiger partial charge in [-0.2, -0.15) is 13.2 Å². The van der Waals surface area contributed by atoms with E-state index in [9.17, 15) is 13.2 Å². The van der Waals surface area contributed by atoms with E-state index in [1.165, 1.54) is 31.8 Å². The monoisotopic (exact) mass is 255 g/mol. The number of nitrogens with zero attached hydrogens (tertiary/aromatic N) is 4. The fourth-order valence-corrected chi connectivity index (χ4v) is 1.28. The van der Waals surface area contributed by atoms with E-state index in [0.717, 1.165) is 0 Å². The number of hydrogen-bond acceptors (Lipinski definition) is 5. The van der Waals surface area contributed by atoms with Crippen LogP contribution < -0.4 is 5.32 Å². The van der Waals surface area contributed by atoms with E-state index >= 15 is 0 Å². The summed E-state index contributed by atoms with van der Waals surface area (Å²) in [7, 11) is 1.48. The van der Waals surface area contributed by atoms with Crippen molar-refractivity contribution in [3.05, 3.63) is 30.6 Å². The zero-order valence-corrected chi connectivity index (χ0v) is 9.23. The number of halogens is 3. The molecular weight excluding hydrogens is 247 g/mol. The van der Waals surface area contributed by atoms with Gasteiger partial charge in [-0.15, -0.1) is 0 Å². The minimum atomic E-state index is -4.60. The minimum Gasteiger partial charge on any atom is -0.373 e. The lowest BCUT2D eigenvalue weighted by molar-refractivity contribution is -0.144. The Morgan fingerprint density at radius 2 is 1.78 bits per heavy atom. The van der Waals surface area contributed by atoms with Crippen molar-refractivity contribution in [3.8, 4) is 11.3 Å². The average Bonchev–Trinajstić information content (AvgIpc) is 2.38. The molecule has 0 atom stereocenters. The number of rotatable bonds is 2. The van der Waals surface area contributed by atoms with Crippen molar-refractivity contribution >= 4 is 5.82 Å². The summed E-state index contributed by atoms with van der Waals surface area (Å²) < 4.78 is 37.8. The Hall–Kier alpha value is -2.25. The van der Waals surface area contributed by atoms with Gasteiger partial charge in [-0.1, -0.05) is 0 Å². The van der Waals surface area contributed by atoms with Crippen LogP contribution in [-0.4, -0.2) is 27.0 Å². The molecule has 2 aromatic rings. The molecule has 0 fully saturated rings. The zero-order valence-electron chi connectivity index (χ0n) is 9.23. The molecule has 0 radical (unpaired) electrons. The molecular formula is C10H8F3N5. The van der Waals surface area contributed by atoms with Gasteiger partial charge in [0.2, 0.25) is 5.82 Å². The van der Waals surface area contributed by atoms with Crippen LogP contribution in [0, 0.1) is 0 Å². The molecule has 2 heterocycles. The Balaban J connectivity index is 2.55. The van der Waals surface area contributed by atoms with Crippen LogP contribution in [0.25, 0.3) is 11.3 Å². The second kappa shape index (κ2) is 4.55. The molecule has 0 aromatic carbocycles. The predicted molar refractivity (Wildman–Crippen MR) is 57.6 cm³/mol. The van der Waals surface area contributed by atoms with Crippen LogP contribution in [0.5, 0.6) is 0 Å². The quantitative estimate of drug-likeness (QED) is 0.889. The van der Waals surface area contributed by atoms with Gasteiger partial charge in [-0.05, 0) is 0 Å². The summed E-state index contributed by atoms with van der Waals surface area (Å²) in [6, 6.07) is 1.40. The van der Waals surface area contributed by atoms with Gasteiger partial charge in [0.1, 0.15) is 12.1 Å². The molecule has 0 saturated carbocycles. The molecule has 0 bridgehead atoms. The zero-order chi connectivity index (χ0) is 13.2. The van der Waals surface area contributed by atoms with Crippen LogP contribution in [0.1, 0.15) is 5.82 Å². The highest BCUT2D eigenvalue weighted by Gasteiger charge is 2.35. The van der Waals surface area contributed by atoms with Crippen LogP contribution >= 0.6 is 0 Å². The summed E-state index contributed by atoms with van der Waals surface area (Å²) in [5.41, 5.74) is 0.504. The third kappa shape index (κ3) is 2.53. The third-order valence-corrected chi connectivity index (χ3v) is 2.09. The summed E-state index contributed by atoms with van der Waals surface area (Å²) in [4.78, 5) is 14.3. The van der Waals surface area contributed by atoms with Gasteiger partial charge in [-0.3, -0.25) is 0 Å². The second-order valence-corrected chi connectivity index (χ2v) is 3.34. The molecule has 0 aliphatic rings. The Bertz CT molecular complexity index is 541. The van der Waals surface area contributed by atoms with Crippen molar-refractivity contribution in [1.29, 1.82) is 0 Å². The van der Waals surface area contributed by atoms with E-state index in [1.807, 2.05) is 0 Å². The first kappa shape index (κ1) is 12.2. The standard InChI is InChI=1S/C10H8F3N5/c1-14-8-2-7(6-3-15-5-16-4-6)17-9(18-8)10(11,12)13/h2-5H,1H3,(H,14,17,18). The highest BCUT2D eigenvalue weighted by Crippen LogP contribution is 2.29. The lowest BCUT2D eigenvalue weighted by Gasteiger charge is -2.09. The van der Waals surface area contributed by atoms with E-state index in [0.29, 0.717) is 5.56 Å². The van der Waals surface area contributed by atoms with Crippen LogP contribution in [0.15, 0.2) is 24.8 Å². The number of hydrogen-bond donors (Lipinski definition) is 1. The Morgan fingerprint density at radius 3 is 2.33 bits per heavy atom. The Labute approximate surface area is 100 Å². The lowest BCUT2D eigenvalue weighted by Crippen LogP contribution is -2.13. The molecule has 94 valence electrons. The van der Waals surface area contributed by atoms with Gasteiger partial charge < -0.3 is 5.32 Å². The number of alkyl halides is 3. The molecule has 0 aliphatic heterocycles. The largest absolute Gasteiger partial charge is 0.451 e. The minimum absolute atomic E-state index is 0.0798. The van der Waals surface area contributed by atoms with Gasteiger partial charge in [-0.25, -0.2) is 19.9 Å². The lowest BCUT2D eigenvalue weighted by atomic mass is 10.2. The predicted octanol–water partition coefficient (Wildman–Crippen LogP) is 1.99. The first-order valence-corrected chi connectivity index (χ1v) is 4.90. The smallest absolute Gasteiger partial charge is 0.373 e. The summed E-state index contributed by atoms with van der Waals surface area (Å²) in [6.45, 7) is 0. The summed E-state index contributed by atoms with van der Waals surface area (Å²) in [6.07, 6.45) is -0.546. The van der Waals surface area contributed by atoms with Crippen LogP contribution in [0.4, 0.5) is 19.0 Å². The average molecular weight is 255 g/mol. The summed E-state index contributed by atoms with van der Waals surface area (Å²) >= 11 is 0. The maximum absolute atomic E-state index is 12.6. The van der Waals surface area contributed by atoms with Gasteiger partial charge in [0.25, 0.3) is 0 Å². The number of anilines is 1. The topological polar surface area (TPSA) is 63.6 Å². The van der Waals surface area contributed by atoms with E-state index in [4.69, 9.17) is 0 Å². The van der Waals surface area contributed by atoms with E-state index < -0.39 is 12.0 Å². The molecule has 2 rings (SSSR count). The maximum atomic E-state index is 12.6. The molecule has 0 spiro atoms. The molecule has 1 N–H and O–H groups in total. The fourth-order valence-electron chi connectivity index (χ4n) is 1.28. The second-order valence-electron chi connectivity index (χ2n) is 3.34. The van der Waals surface area contributed by atoms with Crippen molar-refractivity contribution < 1.29 is 13.2 Å². The van der Waals surface area contributed by atoms with E-state index in [1.54, 1.807) is 0 Å². The maximum Gasteiger partial charge on any atom is 0.451 e. The molecule has 5 nitrogen and oxygen atoms in total. The Morgan fingerprint density at radius 1 is 1.11 bits per heavy atom. The summed E-state index contributed by atoms with van der Waals surface area (Å²) in [5.74, 6) is -1.12. The Kier molecular flexibility index (Phi) is 3.09. The van der Waals surface area contributed by atoms with Crippen molar-refractivity contribution in [2.24, 2.45) is 0 Å². The molecule has 8 heteroatoms. The van der Waals surface area contributed by atoms with Gasteiger partial charge in [0.05, 0.1) is 5.69 Å². The molecule has 18 heavy (non-hydrogen) atoms. The van der Waals surface area contributed by atoms with Crippen molar-refractivity contribution in [3.63, 3.8) is 0 Å². The third-order valence-electron chi connectivity index (χ3n) is 2.09. The SMILES string of the molecule is CNc1cc(-c2cncnc2)nc(C(F)(F)F)n1. The van der Waals surface area contributed by atoms with Gasteiger partial charge >= 0.3 is 6.18 Å². The fraction of sp³-hybridized carbons (Fsp3) is 0.200. The van der Waals surface area contributed by atoms with Gasteiger partial charge in [0, 0.05) is 31.1 Å². The highest BCUT2D eigenvalue weighted by atomic mass is 19.4. The molecule has 2 aromatic heterocycles. The van der Waals surface area contributed by atoms with Crippen molar-refractivity contribution in [1.82, 2.24) is 19.9 Å². The molecule has 0 unspecified atom stereocenters. The van der Waals surface area contributed by atoms with Gasteiger partial charge in [0.15, 0.2) is 0 Å². The van der Waals surface area contributed by atoms with Crippen LogP contribution in [0.2, 0.25) is 0 Å². The molecule has 0 saturated heterocycles. The van der Waals surface area contributed by atoms with E-state index in [-0.39, 0.29) is 11.5 Å². The first-order chi connectivity index (χ1) is 8.50. The number of aromatic nitrogens is 4. The van der Waals surface area contributed by atoms with E-state index in [2.05, 4.69) is 25.3 Å². The van der Waals surface area contributed by atoms with Crippen molar-refractivity contribution in [2.75, 3.05) is 12.4 Å². The van der Waals surface area contributed by atoms with Crippen LogP contribution in [0.3, 0.4) is 0 Å². The first-order valence-electron chi connectivity index (χ1n) is 4.90. The van der Waals surface area contributed by atoms with Crippen LogP contribution in [-0.2, 0) is 6.18 Å². The molecule has 0 aliphatic carbocycles.